The van der Waals surface area contributed by atoms with E-state index in [1.165, 1.54) is 23.5 Å². The second kappa shape index (κ2) is 9.84. The lowest BCUT2D eigenvalue weighted by Crippen LogP contribution is -2.35. The Hall–Kier alpha value is -3.19. The van der Waals surface area contributed by atoms with E-state index in [4.69, 9.17) is 9.47 Å². The van der Waals surface area contributed by atoms with Crippen molar-refractivity contribution < 1.29 is 23.5 Å². The molecule has 0 aliphatic rings. The number of thiophene rings is 1. The minimum atomic E-state index is -0.851. The van der Waals surface area contributed by atoms with Crippen LogP contribution in [0.15, 0.2) is 72.1 Å². The van der Waals surface area contributed by atoms with Gasteiger partial charge in [0.05, 0.1) is 6.04 Å². The van der Waals surface area contributed by atoms with Crippen LogP contribution in [0.2, 0.25) is 0 Å². The van der Waals surface area contributed by atoms with Gasteiger partial charge in [0.15, 0.2) is 12.7 Å². The third kappa shape index (κ3) is 5.89. The number of hydrogen-bond donors (Lipinski definition) is 1. The van der Waals surface area contributed by atoms with Crippen LogP contribution in [0.25, 0.3) is 0 Å². The molecule has 150 valence electrons. The highest BCUT2D eigenvalue weighted by Gasteiger charge is 2.21. The van der Waals surface area contributed by atoms with Crippen molar-refractivity contribution >= 4 is 23.2 Å². The zero-order chi connectivity index (χ0) is 20.6. The summed E-state index contributed by atoms with van der Waals surface area (Å²) in [4.78, 5) is 25.4. The average molecular weight is 413 g/mol. The van der Waals surface area contributed by atoms with Crippen LogP contribution < -0.4 is 10.1 Å². The zero-order valence-electron chi connectivity index (χ0n) is 15.7. The maximum atomic E-state index is 13.2. The number of rotatable bonds is 8. The highest BCUT2D eigenvalue weighted by atomic mass is 32.1. The fourth-order valence-electron chi connectivity index (χ4n) is 2.64. The van der Waals surface area contributed by atoms with E-state index in [1.54, 1.807) is 43.3 Å². The smallest absolute Gasteiger partial charge is 0.347 e. The molecule has 2 atom stereocenters. The molecule has 1 amide bonds. The Morgan fingerprint density at radius 1 is 1.03 bits per heavy atom. The molecule has 0 aliphatic carbocycles. The second-order valence-corrected chi connectivity index (χ2v) is 7.23. The molecule has 0 saturated carbocycles. The third-order valence-corrected chi connectivity index (χ3v) is 5.01. The molecule has 2 aromatic carbocycles. The summed E-state index contributed by atoms with van der Waals surface area (Å²) in [5, 5.41) is 4.72. The van der Waals surface area contributed by atoms with Crippen molar-refractivity contribution in [3.05, 3.63) is 88.4 Å². The Balaban J connectivity index is 1.57. The molecule has 0 unspecified atom stereocenters. The summed E-state index contributed by atoms with van der Waals surface area (Å²) < 4.78 is 23.8. The van der Waals surface area contributed by atoms with E-state index in [9.17, 15) is 14.0 Å². The Kier molecular flexibility index (Phi) is 6.97. The quantitative estimate of drug-likeness (QED) is 0.565. The number of para-hydroxylation sites is 1. The maximum Gasteiger partial charge on any atom is 0.347 e. The zero-order valence-corrected chi connectivity index (χ0v) is 16.5. The van der Waals surface area contributed by atoms with Crippen LogP contribution in [0.3, 0.4) is 0 Å². The lowest BCUT2D eigenvalue weighted by atomic mass is 10.1. The van der Waals surface area contributed by atoms with Gasteiger partial charge in [-0.2, -0.15) is 0 Å². The minimum Gasteiger partial charge on any atom is -0.479 e. The summed E-state index contributed by atoms with van der Waals surface area (Å²) in [7, 11) is 0. The first kappa shape index (κ1) is 20.5. The largest absolute Gasteiger partial charge is 0.479 e. The molecule has 1 N–H and O–H groups in total. The van der Waals surface area contributed by atoms with E-state index in [1.807, 2.05) is 23.6 Å². The molecule has 0 bridgehead atoms. The number of ether oxygens (including phenoxy) is 2. The van der Waals surface area contributed by atoms with Gasteiger partial charge in [-0.05, 0) is 48.2 Å². The number of nitrogens with one attached hydrogen (secondary N) is 1. The topological polar surface area (TPSA) is 64.6 Å². The average Bonchev–Trinajstić information content (AvgIpc) is 3.26. The number of carbonyl (C=O) groups is 2. The number of amides is 1. The van der Waals surface area contributed by atoms with E-state index in [-0.39, 0.29) is 5.82 Å². The lowest BCUT2D eigenvalue weighted by molar-refractivity contribution is -0.154. The standard InChI is InChI=1S/C22H20FNO4S/c1-15(28-18-6-3-2-4-7-18)22(26)27-14-20(25)24-21(19-8-5-13-29-19)16-9-11-17(23)12-10-16/h2-13,15,21H,14H2,1H3,(H,24,25)/t15-,21+/m0/s1. The molecule has 0 aliphatic heterocycles. The van der Waals surface area contributed by atoms with E-state index in [0.29, 0.717) is 5.75 Å². The highest BCUT2D eigenvalue weighted by molar-refractivity contribution is 7.10. The van der Waals surface area contributed by atoms with Gasteiger partial charge >= 0.3 is 5.97 Å². The van der Waals surface area contributed by atoms with Crippen molar-refractivity contribution in [3.8, 4) is 5.75 Å². The normalized spacial score (nSPS) is 12.6. The van der Waals surface area contributed by atoms with Crippen LogP contribution in [0.1, 0.15) is 23.4 Å². The first-order valence-corrected chi connectivity index (χ1v) is 9.87. The van der Waals surface area contributed by atoms with Crippen molar-refractivity contribution in [1.82, 2.24) is 5.32 Å². The van der Waals surface area contributed by atoms with E-state index in [2.05, 4.69) is 5.32 Å². The van der Waals surface area contributed by atoms with Gasteiger partial charge in [-0.3, -0.25) is 4.79 Å². The van der Waals surface area contributed by atoms with Crippen LogP contribution in [-0.2, 0) is 14.3 Å². The Morgan fingerprint density at radius 3 is 2.41 bits per heavy atom. The van der Waals surface area contributed by atoms with Crippen LogP contribution in [0.4, 0.5) is 4.39 Å². The van der Waals surface area contributed by atoms with Gasteiger partial charge in [0.1, 0.15) is 11.6 Å². The number of halogens is 1. The fraction of sp³-hybridized carbons (Fsp3) is 0.182. The summed E-state index contributed by atoms with van der Waals surface area (Å²) in [6, 6.07) is 18.1. The summed E-state index contributed by atoms with van der Waals surface area (Å²) in [6.45, 7) is 1.12. The Labute approximate surface area is 172 Å². The number of benzene rings is 2. The lowest BCUT2D eigenvalue weighted by Gasteiger charge is -2.19. The summed E-state index contributed by atoms with van der Waals surface area (Å²) in [5.41, 5.74) is 0.731. The molecule has 7 heteroatoms. The number of hydrogen-bond acceptors (Lipinski definition) is 5. The predicted molar refractivity (Wildman–Crippen MR) is 108 cm³/mol. The minimum absolute atomic E-state index is 0.355. The predicted octanol–water partition coefficient (Wildman–Crippen LogP) is 4.10. The van der Waals surface area contributed by atoms with Gasteiger partial charge < -0.3 is 14.8 Å². The van der Waals surface area contributed by atoms with E-state index < -0.39 is 30.6 Å². The molecule has 0 spiro atoms. The first-order valence-electron chi connectivity index (χ1n) is 8.99. The molecule has 0 saturated heterocycles. The number of esters is 1. The molecule has 1 aromatic heterocycles. The van der Waals surface area contributed by atoms with E-state index >= 15 is 0 Å². The molecule has 3 rings (SSSR count). The van der Waals surface area contributed by atoms with Crippen molar-refractivity contribution in [2.24, 2.45) is 0 Å². The SMILES string of the molecule is C[C@H](Oc1ccccc1)C(=O)OCC(=O)N[C@H](c1ccc(F)cc1)c1cccs1. The maximum absolute atomic E-state index is 13.2. The molecule has 0 radical (unpaired) electrons. The third-order valence-electron chi connectivity index (χ3n) is 4.07. The molecule has 3 aromatic rings. The van der Waals surface area contributed by atoms with E-state index in [0.717, 1.165) is 10.4 Å². The molecular weight excluding hydrogens is 393 g/mol. The van der Waals surface area contributed by atoms with Gasteiger partial charge in [-0.25, -0.2) is 9.18 Å². The number of carbonyl (C=O) groups excluding carboxylic acids is 2. The van der Waals surface area contributed by atoms with Crippen LogP contribution in [0, 0.1) is 5.82 Å². The van der Waals surface area contributed by atoms with Crippen LogP contribution >= 0.6 is 11.3 Å². The van der Waals surface area contributed by atoms with Crippen LogP contribution in [-0.4, -0.2) is 24.6 Å². The Bertz CT molecular complexity index is 929. The molecule has 0 fully saturated rings. The van der Waals surface area contributed by atoms with Gasteiger partial charge in [0.2, 0.25) is 0 Å². The van der Waals surface area contributed by atoms with Gasteiger partial charge in [0.25, 0.3) is 5.91 Å². The molecule has 29 heavy (non-hydrogen) atoms. The van der Waals surface area contributed by atoms with Crippen molar-refractivity contribution in [2.45, 2.75) is 19.1 Å². The monoisotopic (exact) mass is 413 g/mol. The summed E-state index contributed by atoms with van der Waals surface area (Å²) >= 11 is 1.47. The highest BCUT2D eigenvalue weighted by Crippen LogP contribution is 2.26. The van der Waals surface area contributed by atoms with Gasteiger partial charge in [-0.15, -0.1) is 11.3 Å². The van der Waals surface area contributed by atoms with Crippen molar-refractivity contribution in [1.29, 1.82) is 0 Å². The van der Waals surface area contributed by atoms with Crippen molar-refractivity contribution in [2.75, 3.05) is 6.61 Å². The van der Waals surface area contributed by atoms with Gasteiger partial charge in [0, 0.05) is 4.88 Å². The summed E-state index contributed by atoms with van der Waals surface area (Å²) in [6.07, 6.45) is -0.851. The van der Waals surface area contributed by atoms with Gasteiger partial charge in [-0.1, -0.05) is 36.4 Å². The second-order valence-electron chi connectivity index (χ2n) is 6.25. The molecule has 5 nitrogen and oxygen atoms in total. The molecular formula is C22H20FNO4S. The fourth-order valence-corrected chi connectivity index (χ4v) is 3.44. The summed E-state index contributed by atoms with van der Waals surface area (Å²) in [5.74, 6) is -0.923. The first-order chi connectivity index (χ1) is 14.0. The van der Waals surface area contributed by atoms with Crippen LogP contribution in [0.5, 0.6) is 5.75 Å². The van der Waals surface area contributed by atoms with Crippen molar-refractivity contribution in [3.63, 3.8) is 0 Å². The molecule has 1 heterocycles. The Morgan fingerprint density at radius 2 is 1.76 bits per heavy atom.